The number of nitrogens with one attached hydrogen (secondary N) is 1. The average molecular weight is 238 g/mol. The lowest BCUT2D eigenvalue weighted by Crippen LogP contribution is -2.35. The van der Waals surface area contributed by atoms with Crippen molar-refractivity contribution in [2.45, 2.75) is 32.2 Å². The zero-order chi connectivity index (χ0) is 12.3. The smallest absolute Gasteiger partial charge is 0.244 e. The monoisotopic (exact) mass is 238 g/mol. The molecule has 0 saturated heterocycles. The van der Waals surface area contributed by atoms with Crippen molar-refractivity contribution in [3.8, 4) is 0 Å². The van der Waals surface area contributed by atoms with E-state index in [-0.39, 0.29) is 24.0 Å². The molecule has 0 aromatic carbocycles. The molecule has 1 unspecified atom stereocenters. The lowest BCUT2D eigenvalue weighted by Gasteiger charge is -2.17. The SMILES string of the molecule is CC(C(=O)NCC1(CCO)CC1)n1cncn1. The molecule has 1 heterocycles. The van der Waals surface area contributed by atoms with Crippen LogP contribution in [0.25, 0.3) is 0 Å². The zero-order valence-electron chi connectivity index (χ0n) is 9.96. The number of aliphatic hydroxyl groups is 1. The minimum absolute atomic E-state index is 0.0558. The molecule has 6 nitrogen and oxygen atoms in total. The van der Waals surface area contributed by atoms with E-state index < -0.39 is 0 Å². The Morgan fingerprint density at radius 3 is 2.94 bits per heavy atom. The first-order valence-corrected chi connectivity index (χ1v) is 5.90. The van der Waals surface area contributed by atoms with Crippen LogP contribution in [-0.2, 0) is 4.79 Å². The Morgan fingerprint density at radius 2 is 2.41 bits per heavy atom. The molecule has 1 atom stereocenters. The van der Waals surface area contributed by atoms with Crippen molar-refractivity contribution < 1.29 is 9.90 Å². The molecular formula is C11H18N4O2. The fourth-order valence-corrected chi connectivity index (χ4v) is 1.89. The average Bonchev–Trinajstić information content (AvgIpc) is 2.89. The second-order valence-corrected chi connectivity index (χ2v) is 4.74. The van der Waals surface area contributed by atoms with Crippen molar-refractivity contribution in [1.29, 1.82) is 0 Å². The van der Waals surface area contributed by atoms with Gasteiger partial charge >= 0.3 is 0 Å². The Kier molecular flexibility index (Phi) is 3.42. The summed E-state index contributed by atoms with van der Waals surface area (Å²) in [5.74, 6) is -0.0558. The number of rotatable bonds is 6. The molecule has 0 spiro atoms. The van der Waals surface area contributed by atoms with Gasteiger partial charge in [-0.05, 0) is 31.6 Å². The lowest BCUT2D eigenvalue weighted by atomic mass is 10.0. The van der Waals surface area contributed by atoms with Crippen LogP contribution in [0.15, 0.2) is 12.7 Å². The van der Waals surface area contributed by atoms with Crippen molar-refractivity contribution in [2.75, 3.05) is 13.2 Å². The fraction of sp³-hybridized carbons (Fsp3) is 0.727. The quantitative estimate of drug-likeness (QED) is 0.737. The second kappa shape index (κ2) is 4.83. The summed E-state index contributed by atoms with van der Waals surface area (Å²) in [6, 6.07) is -0.345. The van der Waals surface area contributed by atoms with Crippen LogP contribution in [0, 0.1) is 5.41 Å². The van der Waals surface area contributed by atoms with Gasteiger partial charge in [-0.1, -0.05) is 0 Å². The summed E-state index contributed by atoms with van der Waals surface area (Å²) in [5.41, 5.74) is 0.145. The Bertz CT molecular complexity index is 373. The Balaban J connectivity index is 1.82. The van der Waals surface area contributed by atoms with Crippen molar-refractivity contribution in [3.63, 3.8) is 0 Å². The van der Waals surface area contributed by atoms with Crippen LogP contribution in [0.4, 0.5) is 0 Å². The second-order valence-electron chi connectivity index (χ2n) is 4.74. The summed E-state index contributed by atoms with van der Waals surface area (Å²) in [6.07, 6.45) is 5.89. The summed E-state index contributed by atoms with van der Waals surface area (Å²) < 4.78 is 1.53. The highest BCUT2D eigenvalue weighted by molar-refractivity contribution is 5.79. The Labute approximate surface area is 100 Å². The van der Waals surface area contributed by atoms with Gasteiger partial charge in [-0.25, -0.2) is 9.67 Å². The lowest BCUT2D eigenvalue weighted by molar-refractivity contribution is -0.124. The van der Waals surface area contributed by atoms with Crippen molar-refractivity contribution in [3.05, 3.63) is 12.7 Å². The third kappa shape index (κ3) is 2.82. The normalized spacial score (nSPS) is 18.7. The molecule has 1 saturated carbocycles. The molecule has 1 aliphatic carbocycles. The molecule has 1 aromatic heterocycles. The molecule has 0 aliphatic heterocycles. The molecule has 2 rings (SSSR count). The van der Waals surface area contributed by atoms with E-state index in [2.05, 4.69) is 15.4 Å². The van der Waals surface area contributed by atoms with Crippen molar-refractivity contribution in [2.24, 2.45) is 5.41 Å². The standard InChI is InChI=1S/C11H18N4O2/c1-9(15-8-12-7-14-15)10(17)13-6-11(2-3-11)4-5-16/h7-9,16H,2-6H2,1H3,(H,13,17). The molecule has 17 heavy (non-hydrogen) atoms. The zero-order valence-corrected chi connectivity index (χ0v) is 9.96. The summed E-state index contributed by atoms with van der Waals surface area (Å²) in [7, 11) is 0. The number of nitrogens with zero attached hydrogens (tertiary/aromatic N) is 3. The van der Waals surface area contributed by atoms with E-state index in [1.165, 1.54) is 17.3 Å². The number of amides is 1. The Morgan fingerprint density at radius 1 is 1.65 bits per heavy atom. The van der Waals surface area contributed by atoms with Crippen LogP contribution < -0.4 is 5.32 Å². The number of carbonyl (C=O) groups is 1. The van der Waals surface area contributed by atoms with Gasteiger partial charge in [-0.15, -0.1) is 0 Å². The van der Waals surface area contributed by atoms with Crippen LogP contribution >= 0.6 is 0 Å². The maximum absolute atomic E-state index is 11.9. The van der Waals surface area contributed by atoms with E-state index in [9.17, 15) is 4.79 Å². The highest BCUT2D eigenvalue weighted by atomic mass is 16.3. The molecule has 0 bridgehead atoms. The van der Waals surface area contributed by atoms with E-state index >= 15 is 0 Å². The van der Waals surface area contributed by atoms with Crippen LogP contribution in [0.5, 0.6) is 0 Å². The van der Waals surface area contributed by atoms with Crippen LogP contribution in [0.2, 0.25) is 0 Å². The van der Waals surface area contributed by atoms with Crippen LogP contribution in [-0.4, -0.2) is 38.9 Å². The summed E-state index contributed by atoms with van der Waals surface area (Å²) in [6.45, 7) is 2.62. The summed E-state index contributed by atoms with van der Waals surface area (Å²) in [5, 5.41) is 15.8. The van der Waals surface area contributed by atoms with Gasteiger partial charge in [0.15, 0.2) is 0 Å². The van der Waals surface area contributed by atoms with E-state index in [0.717, 1.165) is 19.3 Å². The summed E-state index contributed by atoms with van der Waals surface area (Å²) >= 11 is 0. The number of carbonyl (C=O) groups excluding carboxylic acids is 1. The Hall–Kier alpha value is -1.43. The first-order valence-electron chi connectivity index (χ1n) is 5.90. The van der Waals surface area contributed by atoms with E-state index in [4.69, 9.17) is 5.11 Å². The van der Waals surface area contributed by atoms with E-state index in [1.54, 1.807) is 6.92 Å². The number of aliphatic hydroxyl groups excluding tert-OH is 1. The first kappa shape index (κ1) is 12.0. The molecule has 1 aliphatic rings. The predicted octanol–water partition coefficient (Wildman–Crippen LogP) is 0.118. The third-order valence-electron chi connectivity index (χ3n) is 3.45. The van der Waals surface area contributed by atoms with Gasteiger partial charge in [0.2, 0.25) is 5.91 Å². The molecule has 94 valence electrons. The highest BCUT2D eigenvalue weighted by Crippen LogP contribution is 2.47. The molecule has 2 N–H and O–H groups in total. The van der Waals surface area contributed by atoms with Crippen molar-refractivity contribution >= 4 is 5.91 Å². The molecule has 1 amide bonds. The maximum Gasteiger partial charge on any atom is 0.244 e. The van der Waals surface area contributed by atoms with Gasteiger partial charge in [-0.3, -0.25) is 4.79 Å². The minimum Gasteiger partial charge on any atom is -0.396 e. The van der Waals surface area contributed by atoms with Gasteiger partial charge < -0.3 is 10.4 Å². The predicted molar refractivity (Wildman–Crippen MR) is 61.1 cm³/mol. The number of hydrogen-bond acceptors (Lipinski definition) is 4. The van der Waals surface area contributed by atoms with Gasteiger partial charge in [0.25, 0.3) is 0 Å². The van der Waals surface area contributed by atoms with Crippen LogP contribution in [0.3, 0.4) is 0 Å². The molecule has 1 fully saturated rings. The minimum atomic E-state index is -0.345. The fourth-order valence-electron chi connectivity index (χ4n) is 1.89. The number of hydrogen-bond donors (Lipinski definition) is 2. The molecular weight excluding hydrogens is 220 g/mol. The topological polar surface area (TPSA) is 80.0 Å². The third-order valence-corrected chi connectivity index (χ3v) is 3.45. The molecule has 6 heteroatoms. The first-order chi connectivity index (χ1) is 8.17. The van der Waals surface area contributed by atoms with Gasteiger partial charge in [0, 0.05) is 13.2 Å². The molecule has 1 aromatic rings. The van der Waals surface area contributed by atoms with Gasteiger partial charge in [-0.2, -0.15) is 5.10 Å². The maximum atomic E-state index is 11.9. The van der Waals surface area contributed by atoms with Gasteiger partial charge in [0.05, 0.1) is 0 Å². The highest BCUT2D eigenvalue weighted by Gasteiger charge is 2.42. The largest absolute Gasteiger partial charge is 0.396 e. The van der Waals surface area contributed by atoms with Crippen molar-refractivity contribution in [1.82, 2.24) is 20.1 Å². The van der Waals surface area contributed by atoms with E-state index in [1.807, 2.05) is 0 Å². The van der Waals surface area contributed by atoms with E-state index in [0.29, 0.717) is 6.54 Å². The molecule has 0 radical (unpaired) electrons. The van der Waals surface area contributed by atoms with Gasteiger partial charge in [0.1, 0.15) is 18.7 Å². The van der Waals surface area contributed by atoms with Crippen LogP contribution in [0.1, 0.15) is 32.2 Å². The number of aromatic nitrogens is 3. The summed E-state index contributed by atoms with van der Waals surface area (Å²) in [4.78, 5) is 15.7.